The number of nitrogens with one attached hydrogen (secondary N) is 2. The van der Waals surface area contributed by atoms with Gasteiger partial charge >= 0.3 is 0 Å². The molecule has 1 amide bonds. The summed E-state index contributed by atoms with van der Waals surface area (Å²) in [5.41, 5.74) is 2.31. The fourth-order valence-corrected chi connectivity index (χ4v) is 2.13. The molecule has 0 aliphatic rings. The van der Waals surface area contributed by atoms with Crippen molar-refractivity contribution >= 4 is 16.8 Å². The Morgan fingerprint density at radius 1 is 1.35 bits per heavy atom. The van der Waals surface area contributed by atoms with E-state index in [1.807, 2.05) is 24.4 Å². The first-order valence-electron chi connectivity index (χ1n) is 6.35. The number of carbonyl (C=O) groups excluding carboxylic acids is 1. The number of amides is 1. The molecule has 7 nitrogen and oxygen atoms in total. The van der Waals surface area contributed by atoms with Gasteiger partial charge in [-0.05, 0) is 28.5 Å². The molecule has 0 bridgehead atoms. The largest absolute Gasteiger partial charge is 0.361 e. The van der Waals surface area contributed by atoms with Gasteiger partial charge in [0, 0.05) is 23.6 Å². The van der Waals surface area contributed by atoms with Crippen LogP contribution in [0.15, 0.2) is 36.8 Å². The molecule has 0 saturated carbocycles. The minimum atomic E-state index is -0.0999. The Labute approximate surface area is 115 Å². The van der Waals surface area contributed by atoms with Gasteiger partial charge in [0.25, 0.3) is 0 Å². The number of H-pyrrole nitrogens is 1. The summed E-state index contributed by atoms with van der Waals surface area (Å²) >= 11 is 0. The van der Waals surface area contributed by atoms with E-state index in [0.29, 0.717) is 6.54 Å². The Kier molecular flexibility index (Phi) is 3.40. The second kappa shape index (κ2) is 5.52. The summed E-state index contributed by atoms with van der Waals surface area (Å²) in [7, 11) is 0. The molecule has 0 radical (unpaired) electrons. The molecule has 0 fully saturated rings. The van der Waals surface area contributed by atoms with Crippen molar-refractivity contribution in [2.75, 3.05) is 6.54 Å². The van der Waals surface area contributed by atoms with Crippen LogP contribution in [-0.2, 0) is 17.8 Å². The lowest BCUT2D eigenvalue weighted by atomic mass is 10.1. The summed E-state index contributed by atoms with van der Waals surface area (Å²) in [6.07, 6.45) is 4.18. The van der Waals surface area contributed by atoms with E-state index in [1.165, 1.54) is 22.0 Å². The highest BCUT2D eigenvalue weighted by molar-refractivity contribution is 5.83. The fraction of sp³-hybridized carbons (Fsp3) is 0.231. The minimum Gasteiger partial charge on any atom is -0.361 e. The number of fused-ring (bicyclic) bond motifs is 1. The average molecular weight is 270 g/mol. The predicted octanol–water partition coefficient (Wildman–Crippen LogP) is 0.513. The Hall–Kier alpha value is -2.70. The van der Waals surface area contributed by atoms with E-state index < -0.39 is 0 Å². The van der Waals surface area contributed by atoms with Gasteiger partial charge in [-0.3, -0.25) is 4.79 Å². The Bertz CT molecular complexity index is 703. The highest BCUT2D eigenvalue weighted by Gasteiger charge is 2.05. The van der Waals surface area contributed by atoms with E-state index in [9.17, 15) is 4.79 Å². The SMILES string of the molecule is O=C(Cn1cnnn1)NCCc1c[nH]c2ccccc12. The minimum absolute atomic E-state index is 0.0999. The van der Waals surface area contributed by atoms with Crippen LogP contribution in [0.3, 0.4) is 0 Å². The van der Waals surface area contributed by atoms with E-state index in [0.717, 1.165) is 11.9 Å². The Balaban J connectivity index is 1.53. The van der Waals surface area contributed by atoms with Crippen LogP contribution in [0.4, 0.5) is 0 Å². The van der Waals surface area contributed by atoms with Gasteiger partial charge in [0.1, 0.15) is 12.9 Å². The number of carbonyl (C=O) groups is 1. The number of benzene rings is 1. The van der Waals surface area contributed by atoms with Crippen molar-refractivity contribution in [3.05, 3.63) is 42.4 Å². The number of hydrogen-bond donors (Lipinski definition) is 2. The van der Waals surface area contributed by atoms with Crippen LogP contribution >= 0.6 is 0 Å². The van der Waals surface area contributed by atoms with E-state index in [1.54, 1.807) is 0 Å². The molecule has 7 heteroatoms. The third-order valence-electron chi connectivity index (χ3n) is 3.09. The zero-order valence-corrected chi connectivity index (χ0v) is 10.8. The number of para-hydroxylation sites is 1. The van der Waals surface area contributed by atoms with E-state index in [2.05, 4.69) is 31.9 Å². The smallest absolute Gasteiger partial charge is 0.241 e. The summed E-state index contributed by atoms with van der Waals surface area (Å²) < 4.78 is 1.39. The molecule has 0 aliphatic carbocycles. The second-order valence-corrected chi connectivity index (χ2v) is 4.47. The van der Waals surface area contributed by atoms with Crippen molar-refractivity contribution in [2.45, 2.75) is 13.0 Å². The fourth-order valence-electron chi connectivity index (χ4n) is 2.13. The van der Waals surface area contributed by atoms with Gasteiger partial charge in [0.2, 0.25) is 5.91 Å². The Morgan fingerprint density at radius 2 is 2.25 bits per heavy atom. The molecule has 1 aromatic carbocycles. The molecule has 102 valence electrons. The third-order valence-corrected chi connectivity index (χ3v) is 3.09. The molecule has 0 atom stereocenters. The molecular formula is C13H14N6O. The van der Waals surface area contributed by atoms with E-state index in [4.69, 9.17) is 0 Å². The van der Waals surface area contributed by atoms with E-state index in [-0.39, 0.29) is 12.5 Å². The van der Waals surface area contributed by atoms with Crippen molar-refractivity contribution in [2.24, 2.45) is 0 Å². The lowest BCUT2D eigenvalue weighted by Crippen LogP contribution is -2.29. The number of hydrogen-bond acceptors (Lipinski definition) is 4. The molecule has 2 heterocycles. The molecule has 2 aromatic heterocycles. The van der Waals surface area contributed by atoms with Crippen LogP contribution in [0.1, 0.15) is 5.56 Å². The Morgan fingerprint density at radius 3 is 3.10 bits per heavy atom. The van der Waals surface area contributed by atoms with E-state index >= 15 is 0 Å². The molecular weight excluding hydrogens is 256 g/mol. The van der Waals surface area contributed by atoms with Crippen LogP contribution in [-0.4, -0.2) is 37.6 Å². The van der Waals surface area contributed by atoms with Gasteiger partial charge in [-0.25, -0.2) is 4.68 Å². The lowest BCUT2D eigenvalue weighted by Gasteiger charge is -2.04. The summed E-state index contributed by atoms with van der Waals surface area (Å²) in [5, 5.41) is 14.7. The molecule has 0 spiro atoms. The van der Waals surface area contributed by atoms with Crippen LogP contribution in [0.5, 0.6) is 0 Å². The standard InChI is InChI=1S/C13H14N6O/c20-13(8-19-9-16-17-18-19)14-6-5-10-7-15-12-4-2-1-3-11(10)12/h1-4,7,9,15H,5-6,8H2,(H,14,20). The lowest BCUT2D eigenvalue weighted by molar-refractivity contribution is -0.121. The molecule has 20 heavy (non-hydrogen) atoms. The third kappa shape index (κ3) is 2.66. The van der Waals surface area contributed by atoms with Crippen molar-refractivity contribution < 1.29 is 4.79 Å². The first kappa shape index (κ1) is 12.3. The highest BCUT2D eigenvalue weighted by Crippen LogP contribution is 2.17. The van der Waals surface area contributed by atoms with Crippen LogP contribution in [0, 0.1) is 0 Å². The maximum absolute atomic E-state index is 11.7. The van der Waals surface area contributed by atoms with Gasteiger partial charge in [0.15, 0.2) is 0 Å². The summed E-state index contributed by atoms with van der Waals surface area (Å²) in [6.45, 7) is 0.726. The number of nitrogens with zero attached hydrogens (tertiary/aromatic N) is 4. The second-order valence-electron chi connectivity index (χ2n) is 4.47. The van der Waals surface area contributed by atoms with Crippen molar-refractivity contribution in [3.63, 3.8) is 0 Å². The predicted molar refractivity (Wildman–Crippen MR) is 72.8 cm³/mol. The molecule has 3 rings (SSSR count). The first-order valence-corrected chi connectivity index (χ1v) is 6.35. The van der Waals surface area contributed by atoms with Gasteiger partial charge < -0.3 is 10.3 Å². The highest BCUT2D eigenvalue weighted by atomic mass is 16.2. The quantitative estimate of drug-likeness (QED) is 0.707. The normalized spacial score (nSPS) is 10.8. The van der Waals surface area contributed by atoms with Gasteiger partial charge in [-0.1, -0.05) is 18.2 Å². The number of tetrazole rings is 1. The maximum Gasteiger partial charge on any atom is 0.241 e. The number of aromatic nitrogens is 5. The molecule has 2 N–H and O–H groups in total. The molecule has 3 aromatic rings. The zero-order valence-electron chi connectivity index (χ0n) is 10.8. The maximum atomic E-state index is 11.7. The van der Waals surface area contributed by atoms with Gasteiger partial charge in [-0.2, -0.15) is 0 Å². The average Bonchev–Trinajstić information content (AvgIpc) is 3.09. The summed E-state index contributed by atoms with van der Waals surface area (Å²) in [5.74, 6) is -0.0999. The number of rotatable bonds is 5. The topological polar surface area (TPSA) is 88.5 Å². The van der Waals surface area contributed by atoms with Gasteiger partial charge in [0.05, 0.1) is 0 Å². The van der Waals surface area contributed by atoms with Crippen molar-refractivity contribution in [3.8, 4) is 0 Å². The van der Waals surface area contributed by atoms with Crippen LogP contribution < -0.4 is 5.32 Å². The molecule has 0 unspecified atom stereocenters. The monoisotopic (exact) mass is 270 g/mol. The zero-order chi connectivity index (χ0) is 13.8. The summed E-state index contributed by atoms with van der Waals surface area (Å²) in [6, 6.07) is 8.12. The first-order chi connectivity index (χ1) is 9.83. The summed E-state index contributed by atoms with van der Waals surface area (Å²) in [4.78, 5) is 14.9. The van der Waals surface area contributed by atoms with Gasteiger partial charge in [-0.15, -0.1) is 5.10 Å². The van der Waals surface area contributed by atoms with Crippen molar-refractivity contribution in [1.82, 2.24) is 30.5 Å². The molecule has 0 aliphatic heterocycles. The van der Waals surface area contributed by atoms with Crippen LogP contribution in [0.25, 0.3) is 10.9 Å². The van der Waals surface area contributed by atoms with Crippen LogP contribution in [0.2, 0.25) is 0 Å². The number of aromatic amines is 1. The molecule has 0 saturated heterocycles. The van der Waals surface area contributed by atoms with Crippen molar-refractivity contribution in [1.29, 1.82) is 0 Å².